The van der Waals surface area contributed by atoms with Crippen molar-refractivity contribution < 1.29 is 0 Å². The van der Waals surface area contributed by atoms with E-state index < -0.39 is 0 Å². The lowest BCUT2D eigenvalue weighted by molar-refractivity contribution is 0.765. The zero-order valence-electron chi connectivity index (χ0n) is 13.0. The Kier molecular flexibility index (Phi) is 7.32. The van der Waals surface area contributed by atoms with Crippen molar-refractivity contribution in [3.63, 3.8) is 0 Å². The summed E-state index contributed by atoms with van der Waals surface area (Å²) in [7, 11) is 0. The monoisotopic (exact) mass is 316 g/mol. The topological polar surface area (TPSA) is 48.5 Å². The quantitative estimate of drug-likeness (QED) is 0.398. The van der Waals surface area contributed by atoms with Gasteiger partial charge in [0.05, 0.1) is 6.54 Å². The summed E-state index contributed by atoms with van der Waals surface area (Å²) in [5.74, 6) is 0.883. The SMILES string of the molecule is CCNC(=NCc1ccsc1)NCCCNc1ccccc1. The number of para-hydroxylation sites is 1. The number of nitrogens with zero attached hydrogens (tertiary/aromatic N) is 1. The molecule has 3 N–H and O–H groups in total. The molecule has 1 heterocycles. The molecule has 22 heavy (non-hydrogen) atoms. The van der Waals surface area contributed by atoms with Crippen molar-refractivity contribution in [1.29, 1.82) is 0 Å². The average molecular weight is 316 g/mol. The van der Waals surface area contributed by atoms with Gasteiger partial charge in [0.1, 0.15) is 0 Å². The molecule has 0 saturated heterocycles. The number of anilines is 1. The molecule has 5 heteroatoms. The van der Waals surface area contributed by atoms with Crippen LogP contribution in [0.4, 0.5) is 5.69 Å². The van der Waals surface area contributed by atoms with Gasteiger partial charge in [-0.3, -0.25) is 0 Å². The number of hydrogen-bond acceptors (Lipinski definition) is 3. The number of aliphatic imine (C=N–C) groups is 1. The summed E-state index contributed by atoms with van der Waals surface area (Å²) in [6, 6.07) is 12.4. The first-order valence-electron chi connectivity index (χ1n) is 7.70. The van der Waals surface area contributed by atoms with E-state index >= 15 is 0 Å². The predicted octanol–water partition coefficient (Wildman–Crippen LogP) is 3.31. The number of hydrogen-bond donors (Lipinski definition) is 3. The Morgan fingerprint density at radius 1 is 1.09 bits per heavy atom. The zero-order chi connectivity index (χ0) is 15.5. The van der Waals surface area contributed by atoms with E-state index in [1.165, 1.54) is 11.3 Å². The van der Waals surface area contributed by atoms with E-state index in [0.717, 1.165) is 38.6 Å². The maximum Gasteiger partial charge on any atom is 0.191 e. The molecule has 0 aliphatic carbocycles. The van der Waals surface area contributed by atoms with Crippen LogP contribution in [0.1, 0.15) is 18.9 Å². The third-order valence-corrected chi connectivity index (χ3v) is 3.83. The summed E-state index contributed by atoms with van der Waals surface area (Å²) in [6.07, 6.45) is 1.04. The first kappa shape index (κ1) is 16.4. The van der Waals surface area contributed by atoms with E-state index in [4.69, 9.17) is 0 Å². The highest BCUT2D eigenvalue weighted by molar-refractivity contribution is 7.07. The fraction of sp³-hybridized carbons (Fsp3) is 0.353. The van der Waals surface area contributed by atoms with Crippen molar-refractivity contribution >= 4 is 23.0 Å². The Morgan fingerprint density at radius 2 is 1.95 bits per heavy atom. The molecule has 2 aromatic rings. The standard InChI is InChI=1S/C17H24N4S/c1-2-18-17(21-13-15-9-12-22-14-15)20-11-6-10-19-16-7-4-3-5-8-16/h3-5,7-9,12,14,19H,2,6,10-11,13H2,1H3,(H2,18,20,21). The normalized spacial score (nSPS) is 11.2. The van der Waals surface area contributed by atoms with Gasteiger partial charge in [-0.25, -0.2) is 4.99 Å². The molecule has 0 spiro atoms. The Labute approximate surface area is 136 Å². The highest BCUT2D eigenvalue weighted by atomic mass is 32.1. The van der Waals surface area contributed by atoms with Gasteiger partial charge in [-0.15, -0.1) is 0 Å². The second-order valence-electron chi connectivity index (χ2n) is 4.90. The van der Waals surface area contributed by atoms with Crippen LogP contribution in [0.25, 0.3) is 0 Å². The molecule has 0 amide bonds. The van der Waals surface area contributed by atoms with Gasteiger partial charge >= 0.3 is 0 Å². The van der Waals surface area contributed by atoms with Crippen molar-refractivity contribution in [2.24, 2.45) is 4.99 Å². The molecule has 0 atom stereocenters. The minimum Gasteiger partial charge on any atom is -0.385 e. The molecule has 0 saturated carbocycles. The van der Waals surface area contributed by atoms with Gasteiger partial charge in [0.2, 0.25) is 0 Å². The van der Waals surface area contributed by atoms with Gasteiger partial charge in [0.25, 0.3) is 0 Å². The van der Waals surface area contributed by atoms with E-state index in [1.54, 1.807) is 11.3 Å². The lowest BCUT2D eigenvalue weighted by atomic mass is 10.3. The maximum atomic E-state index is 4.59. The van der Waals surface area contributed by atoms with Crippen LogP contribution in [0.5, 0.6) is 0 Å². The summed E-state index contributed by atoms with van der Waals surface area (Å²) in [4.78, 5) is 4.59. The van der Waals surface area contributed by atoms with Gasteiger partial charge in [0.15, 0.2) is 5.96 Å². The number of nitrogens with one attached hydrogen (secondary N) is 3. The lowest BCUT2D eigenvalue weighted by Crippen LogP contribution is -2.38. The van der Waals surface area contributed by atoms with Crippen molar-refractivity contribution in [3.05, 3.63) is 52.7 Å². The highest BCUT2D eigenvalue weighted by Crippen LogP contribution is 2.06. The van der Waals surface area contributed by atoms with Crippen LogP contribution in [0, 0.1) is 0 Å². The van der Waals surface area contributed by atoms with Gasteiger partial charge < -0.3 is 16.0 Å². The van der Waals surface area contributed by atoms with Gasteiger partial charge in [-0.2, -0.15) is 11.3 Å². The molecule has 118 valence electrons. The largest absolute Gasteiger partial charge is 0.385 e. The first-order valence-corrected chi connectivity index (χ1v) is 8.65. The van der Waals surface area contributed by atoms with Crippen molar-refractivity contribution in [3.8, 4) is 0 Å². The molecule has 0 radical (unpaired) electrons. The molecule has 1 aromatic carbocycles. The number of rotatable bonds is 8. The Bertz CT molecular complexity index is 537. The van der Waals surface area contributed by atoms with Crippen LogP contribution in [-0.2, 0) is 6.54 Å². The van der Waals surface area contributed by atoms with Crippen LogP contribution in [0.15, 0.2) is 52.2 Å². The van der Waals surface area contributed by atoms with E-state index in [-0.39, 0.29) is 0 Å². The number of benzene rings is 1. The van der Waals surface area contributed by atoms with Crippen molar-refractivity contribution in [1.82, 2.24) is 10.6 Å². The van der Waals surface area contributed by atoms with Gasteiger partial charge in [-0.1, -0.05) is 18.2 Å². The molecule has 0 fully saturated rings. The van der Waals surface area contributed by atoms with Crippen LogP contribution >= 0.6 is 11.3 Å². The molecule has 0 aliphatic heterocycles. The number of thiophene rings is 1. The molecule has 2 rings (SSSR count). The minimum absolute atomic E-state index is 0.723. The fourth-order valence-electron chi connectivity index (χ4n) is 1.98. The highest BCUT2D eigenvalue weighted by Gasteiger charge is 1.97. The summed E-state index contributed by atoms with van der Waals surface area (Å²) in [5.41, 5.74) is 2.42. The minimum atomic E-state index is 0.723. The molecule has 1 aromatic heterocycles. The second-order valence-corrected chi connectivity index (χ2v) is 5.68. The fourth-order valence-corrected chi connectivity index (χ4v) is 2.64. The third-order valence-electron chi connectivity index (χ3n) is 3.09. The second kappa shape index (κ2) is 9.84. The van der Waals surface area contributed by atoms with E-state index in [9.17, 15) is 0 Å². The molecule has 0 bridgehead atoms. The summed E-state index contributed by atoms with van der Waals surface area (Å²) >= 11 is 1.71. The van der Waals surface area contributed by atoms with E-state index in [0.29, 0.717) is 0 Å². The van der Waals surface area contributed by atoms with Crippen LogP contribution in [-0.4, -0.2) is 25.6 Å². The van der Waals surface area contributed by atoms with Crippen LogP contribution < -0.4 is 16.0 Å². The van der Waals surface area contributed by atoms with Crippen molar-refractivity contribution in [2.45, 2.75) is 19.9 Å². The van der Waals surface area contributed by atoms with Gasteiger partial charge in [-0.05, 0) is 47.9 Å². The Morgan fingerprint density at radius 3 is 2.68 bits per heavy atom. The zero-order valence-corrected chi connectivity index (χ0v) is 13.8. The molecular weight excluding hydrogens is 292 g/mol. The average Bonchev–Trinajstić information content (AvgIpc) is 3.06. The molecular formula is C17H24N4S. The van der Waals surface area contributed by atoms with Crippen LogP contribution in [0.3, 0.4) is 0 Å². The Hall–Kier alpha value is -2.01. The number of guanidine groups is 1. The molecule has 0 aliphatic rings. The molecule has 0 unspecified atom stereocenters. The first-order chi connectivity index (χ1) is 10.9. The predicted molar refractivity (Wildman–Crippen MR) is 96.7 cm³/mol. The molecule has 4 nitrogen and oxygen atoms in total. The van der Waals surface area contributed by atoms with Gasteiger partial charge in [0, 0.05) is 25.3 Å². The van der Waals surface area contributed by atoms with E-state index in [1.807, 2.05) is 18.2 Å². The maximum absolute atomic E-state index is 4.59. The van der Waals surface area contributed by atoms with Crippen molar-refractivity contribution in [2.75, 3.05) is 25.0 Å². The van der Waals surface area contributed by atoms with Crippen LogP contribution in [0.2, 0.25) is 0 Å². The lowest BCUT2D eigenvalue weighted by Gasteiger charge is -2.11. The summed E-state index contributed by atoms with van der Waals surface area (Å²) in [6.45, 7) is 5.52. The third kappa shape index (κ3) is 6.18. The Balaban J connectivity index is 1.66. The summed E-state index contributed by atoms with van der Waals surface area (Å²) in [5, 5.41) is 14.3. The summed E-state index contributed by atoms with van der Waals surface area (Å²) < 4.78 is 0. The van der Waals surface area contributed by atoms with E-state index in [2.05, 4.69) is 56.8 Å². The smallest absolute Gasteiger partial charge is 0.191 e.